The standard InChI is InChI=1S/C14H11ClFNO/c1-9-2-3-11(6-13(9)16)14(18)7-10-4-5-17-8-12(10)15/h2-6,8H,7H2,1H3. The molecule has 1 heterocycles. The molecule has 0 aliphatic rings. The highest BCUT2D eigenvalue weighted by Crippen LogP contribution is 2.17. The van der Waals surface area contributed by atoms with Gasteiger partial charge in [-0.1, -0.05) is 23.7 Å². The number of benzene rings is 1. The van der Waals surface area contributed by atoms with Crippen molar-refractivity contribution in [1.82, 2.24) is 4.98 Å². The van der Waals surface area contributed by atoms with Crippen LogP contribution in [0.3, 0.4) is 0 Å². The zero-order valence-corrected chi connectivity index (χ0v) is 10.5. The van der Waals surface area contributed by atoms with Gasteiger partial charge in [0, 0.05) is 24.4 Å². The van der Waals surface area contributed by atoms with Gasteiger partial charge in [-0.25, -0.2) is 4.39 Å². The minimum Gasteiger partial charge on any atom is -0.294 e. The second-order valence-electron chi connectivity index (χ2n) is 4.03. The number of aromatic nitrogens is 1. The normalized spacial score (nSPS) is 10.4. The molecule has 0 atom stereocenters. The van der Waals surface area contributed by atoms with E-state index in [1.165, 1.54) is 12.3 Å². The van der Waals surface area contributed by atoms with Crippen molar-refractivity contribution in [1.29, 1.82) is 0 Å². The van der Waals surface area contributed by atoms with Gasteiger partial charge in [0.25, 0.3) is 0 Å². The SMILES string of the molecule is Cc1ccc(C(=O)Cc2ccncc2Cl)cc1F. The van der Waals surface area contributed by atoms with E-state index in [0.717, 1.165) is 0 Å². The van der Waals surface area contributed by atoms with E-state index in [1.807, 2.05) is 0 Å². The molecule has 0 bridgehead atoms. The molecule has 1 aromatic heterocycles. The molecular formula is C14H11ClFNO. The van der Waals surface area contributed by atoms with Gasteiger partial charge in [-0.2, -0.15) is 0 Å². The quantitative estimate of drug-likeness (QED) is 0.792. The molecule has 0 saturated carbocycles. The molecule has 92 valence electrons. The van der Waals surface area contributed by atoms with Crippen LogP contribution in [-0.4, -0.2) is 10.8 Å². The zero-order chi connectivity index (χ0) is 13.1. The molecule has 2 nitrogen and oxygen atoms in total. The number of nitrogens with zero attached hydrogens (tertiary/aromatic N) is 1. The monoisotopic (exact) mass is 263 g/mol. The van der Waals surface area contributed by atoms with E-state index >= 15 is 0 Å². The number of aryl methyl sites for hydroxylation is 1. The van der Waals surface area contributed by atoms with E-state index < -0.39 is 0 Å². The van der Waals surface area contributed by atoms with E-state index in [1.54, 1.807) is 31.3 Å². The number of pyridine rings is 1. The summed E-state index contributed by atoms with van der Waals surface area (Å²) < 4.78 is 13.4. The van der Waals surface area contributed by atoms with Crippen LogP contribution >= 0.6 is 11.6 Å². The smallest absolute Gasteiger partial charge is 0.167 e. The molecule has 0 saturated heterocycles. The highest BCUT2D eigenvalue weighted by Gasteiger charge is 2.11. The van der Waals surface area contributed by atoms with E-state index in [9.17, 15) is 9.18 Å². The highest BCUT2D eigenvalue weighted by atomic mass is 35.5. The largest absolute Gasteiger partial charge is 0.294 e. The fourth-order valence-corrected chi connectivity index (χ4v) is 1.77. The third-order valence-corrected chi connectivity index (χ3v) is 3.04. The first-order valence-electron chi connectivity index (χ1n) is 5.45. The summed E-state index contributed by atoms with van der Waals surface area (Å²) in [6.45, 7) is 1.66. The predicted octanol–water partition coefficient (Wildman–Crippen LogP) is 3.61. The van der Waals surface area contributed by atoms with Crippen LogP contribution in [0.5, 0.6) is 0 Å². The molecule has 0 fully saturated rings. The van der Waals surface area contributed by atoms with Gasteiger partial charge >= 0.3 is 0 Å². The molecule has 0 radical (unpaired) electrons. The molecule has 0 aliphatic carbocycles. The number of carbonyl (C=O) groups excluding carboxylic acids is 1. The predicted molar refractivity (Wildman–Crippen MR) is 68.4 cm³/mol. The Bertz CT molecular complexity index is 598. The Morgan fingerprint density at radius 2 is 2.17 bits per heavy atom. The lowest BCUT2D eigenvalue weighted by atomic mass is 10.0. The molecule has 4 heteroatoms. The minimum absolute atomic E-state index is 0.143. The molecule has 1 aromatic carbocycles. The summed E-state index contributed by atoms with van der Waals surface area (Å²) in [6, 6.07) is 6.16. The molecular weight excluding hydrogens is 253 g/mol. The zero-order valence-electron chi connectivity index (χ0n) is 9.78. The molecule has 2 aromatic rings. The fourth-order valence-electron chi connectivity index (χ4n) is 1.59. The van der Waals surface area contributed by atoms with Crippen LogP contribution in [0.1, 0.15) is 21.5 Å². The first-order valence-corrected chi connectivity index (χ1v) is 5.83. The number of hydrogen-bond acceptors (Lipinski definition) is 2. The fraction of sp³-hybridized carbons (Fsp3) is 0.143. The summed E-state index contributed by atoms with van der Waals surface area (Å²) in [7, 11) is 0. The van der Waals surface area contributed by atoms with Gasteiger partial charge in [0.15, 0.2) is 5.78 Å². The van der Waals surface area contributed by atoms with Crippen molar-refractivity contribution in [2.75, 3.05) is 0 Å². The van der Waals surface area contributed by atoms with Crippen molar-refractivity contribution >= 4 is 17.4 Å². The number of rotatable bonds is 3. The summed E-state index contributed by atoms with van der Waals surface area (Å²) in [6.07, 6.45) is 3.20. The second-order valence-corrected chi connectivity index (χ2v) is 4.44. The average Bonchev–Trinajstić information content (AvgIpc) is 2.35. The van der Waals surface area contributed by atoms with Gasteiger partial charge in [0.05, 0.1) is 5.02 Å². The lowest BCUT2D eigenvalue weighted by Crippen LogP contribution is -2.05. The van der Waals surface area contributed by atoms with Crippen LogP contribution in [0.4, 0.5) is 4.39 Å². The molecule has 0 N–H and O–H groups in total. The van der Waals surface area contributed by atoms with Crippen molar-refractivity contribution < 1.29 is 9.18 Å². The third-order valence-electron chi connectivity index (χ3n) is 2.70. The van der Waals surface area contributed by atoms with Crippen molar-refractivity contribution in [3.05, 3.63) is 64.2 Å². The first kappa shape index (κ1) is 12.7. The Labute approximate surface area is 109 Å². The maximum Gasteiger partial charge on any atom is 0.167 e. The van der Waals surface area contributed by atoms with Gasteiger partial charge in [0.1, 0.15) is 5.82 Å². The number of hydrogen-bond donors (Lipinski definition) is 0. The van der Waals surface area contributed by atoms with Gasteiger partial charge < -0.3 is 0 Å². The van der Waals surface area contributed by atoms with E-state index in [-0.39, 0.29) is 18.0 Å². The lowest BCUT2D eigenvalue weighted by Gasteiger charge is -2.04. The number of Topliss-reactive ketones (excluding diaryl/α,β-unsaturated/α-hetero) is 1. The molecule has 18 heavy (non-hydrogen) atoms. The number of halogens is 2. The van der Waals surface area contributed by atoms with Crippen molar-refractivity contribution in [2.45, 2.75) is 13.3 Å². The molecule has 2 rings (SSSR count). The Balaban J connectivity index is 2.22. The van der Waals surface area contributed by atoms with Gasteiger partial charge in [-0.3, -0.25) is 9.78 Å². The summed E-state index contributed by atoms with van der Waals surface area (Å²) in [5.41, 5.74) is 1.57. The Kier molecular flexibility index (Phi) is 3.72. The van der Waals surface area contributed by atoms with Crippen LogP contribution in [-0.2, 0) is 6.42 Å². The summed E-state index contributed by atoms with van der Waals surface area (Å²) in [5, 5.41) is 0.443. The number of carbonyl (C=O) groups is 1. The highest BCUT2D eigenvalue weighted by molar-refractivity contribution is 6.31. The van der Waals surface area contributed by atoms with Crippen molar-refractivity contribution in [3.8, 4) is 0 Å². The molecule has 0 unspecified atom stereocenters. The van der Waals surface area contributed by atoms with Crippen LogP contribution in [0.2, 0.25) is 5.02 Å². The van der Waals surface area contributed by atoms with E-state index in [0.29, 0.717) is 21.7 Å². The van der Waals surface area contributed by atoms with Crippen molar-refractivity contribution in [3.63, 3.8) is 0 Å². The maximum atomic E-state index is 13.4. The summed E-state index contributed by atoms with van der Waals surface area (Å²) in [5.74, 6) is -0.538. The minimum atomic E-state index is -0.373. The van der Waals surface area contributed by atoms with Crippen molar-refractivity contribution in [2.24, 2.45) is 0 Å². The molecule has 0 aliphatic heterocycles. The van der Waals surface area contributed by atoms with Gasteiger partial charge in [-0.15, -0.1) is 0 Å². The van der Waals surface area contributed by atoms with Crippen LogP contribution in [0.25, 0.3) is 0 Å². The number of ketones is 1. The van der Waals surface area contributed by atoms with E-state index in [2.05, 4.69) is 4.98 Å². The third kappa shape index (κ3) is 2.74. The van der Waals surface area contributed by atoms with Crippen LogP contribution in [0, 0.1) is 12.7 Å². The summed E-state index contributed by atoms with van der Waals surface area (Å²) >= 11 is 5.92. The first-order chi connectivity index (χ1) is 8.58. The Morgan fingerprint density at radius 3 is 2.83 bits per heavy atom. The topological polar surface area (TPSA) is 30.0 Å². The average molecular weight is 264 g/mol. The van der Waals surface area contributed by atoms with Gasteiger partial charge in [-0.05, 0) is 30.2 Å². The Hall–Kier alpha value is -1.74. The summed E-state index contributed by atoms with van der Waals surface area (Å²) in [4.78, 5) is 15.8. The molecule has 0 spiro atoms. The van der Waals surface area contributed by atoms with Gasteiger partial charge in [0.2, 0.25) is 0 Å². The van der Waals surface area contributed by atoms with Crippen LogP contribution < -0.4 is 0 Å². The lowest BCUT2D eigenvalue weighted by molar-refractivity contribution is 0.0992. The maximum absolute atomic E-state index is 13.4. The second kappa shape index (κ2) is 5.27. The Morgan fingerprint density at radius 1 is 1.39 bits per heavy atom. The van der Waals surface area contributed by atoms with E-state index in [4.69, 9.17) is 11.6 Å². The molecule has 0 amide bonds. The van der Waals surface area contributed by atoms with Crippen LogP contribution in [0.15, 0.2) is 36.7 Å².